The molecule has 1 heterocycles. The van der Waals surface area contributed by atoms with E-state index >= 15 is 0 Å². The lowest BCUT2D eigenvalue weighted by atomic mass is 9.88. The highest BCUT2D eigenvalue weighted by atomic mass is 16.5. The van der Waals surface area contributed by atoms with Gasteiger partial charge in [-0.3, -0.25) is 0 Å². The Morgan fingerprint density at radius 1 is 0.500 bits per heavy atom. The Morgan fingerprint density at radius 2 is 1.00 bits per heavy atom. The lowest BCUT2D eigenvalue weighted by Crippen LogP contribution is -2.08. The molecule has 2 aliphatic rings. The summed E-state index contributed by atoms with van der Waals surface area (Å²) in [6.45, 7) is 1.92. The Bertz CT molecular complexity index is 228. The highest BCUT2D eigenvalue weighted by molar-refractivity contribution is 5.17. The average molecular weight is 250 g/mol. The SMILES string of the molecule is C1CCCCCC2=C(CCCC2)COCCCC1. The van der Waals surface area contributed by atoms with E-state index in [-0.39, 0.29) is 0 Å². The maximum atomic E-state index is 5.89. The van der Waals surface area contributed by atoms with Crippen molar-refractivity contribution in [1.82, 2.24) is 0 Å². The zero-order valence-electron chi connectivity index (χ0n) is 12.0. The van der Waals surface area contributed by atoms with Crippen molar-refractivity contribution in [2.24, 2.45) is 0 Å². The van der Waals surface area contributed by atoms with Crippen LogP contribution in [0.5, 0.6) is 0 Å². The molecule has 0 saturated carbocycles. The molecule has 1 heteroatoms. The first-order valence-electron chi connectivity index (χ1n) is 8.24. The highest BCUT2D eigenvalue weighted by Gasteiger charge is 2.12. The standard InChI is InChI=1S/C17H30O/c1-2-4-6-10-14-18-15-17-13-9-8-12-16(17)11-7-5-3-1/h1-15H2. The van der Waals surface area contributed by atoms with Crippen molar-refractivity contribution in [2.45, 2.75) is 83.5 Å². The molecule has 0 amide bonds. The molecule has 0 aromatic rings. The quantitative estimate of drug-likeness (QED) is 0.523. The number of hydrogen-bond acceptors (Lipinski definition) is 1. The first-order valence-corrected chi connectivity index (χ1v) is 8.24. The van der Waals surface area contributed by atoms with Gasteiger partial charge in [0.25, 0.3) is 0 Å². The molecule has 0 fully saturated rings. The predicted molar refractivity (Wildman–Crippen MR) is 77.9 cm³/mol. The summed E-state index contributed by atoms with van der Waals surface area (Å²) in [5.41, 5.74) is 3.43. The minimum Gasteiger partial charge on any atom is -0.377 e. The first kappa shape index (κ1) is 14.1. The second-order valence-electron chi connectivity index (χ2n) is 6.05. The van der Waals surface area contributed by atoms with Crippen molar-refractivity contribution in [1.29, 1.82) is 0 Å². The minimum absolute atomic E-state index is 0.940. The van der Waals surface area contributed by atoms with Gasteiger partial charge >= 0.3 is 0 Å². The first-order chi connectivity index (χ1) is 8.97. The molecule has 0 radical (unpaired) electrons. The molecule has 2 rings (SSSR count). The largest absolute Gasteiger partial charge is 0.377 e. The molecule has 0 saturated heterocycles. The van der Waals surface area contributed by atoms with Gasteiger partial charge in [0.1, 0.15) is 0 Å². The van der Waals surface area contributed by atoms with Crippen LogP contribution in [-0.4, -0.2) is 13.2 Å². The summed E-state index contributed by atoms with van der Waals surface area (Å²) < 4.78 is 5.89. The molecule has 0 N–H and O–H groups in total. The molecule has 0 spiro atoms. The van der Waals surface area contributed by atoms with Crippen molar-refractivity contribution < 1.29 is 4.74 Å². The van der Waals surface area contributed by atoms with Gasteiger partial charge < -0.3 is 4.74 Å². The lowest BCUT2D eigenvalue weighted by molar-refractivity contribution is 0.147. The fraction of sp³-hybridized carbons (Fsp3) is 0.882. The highest BCUT2D eigenvalue weighted by Crippen LogP contribution is 2.29. The third-order valence-corrected chi connectivity index (χ3v) is 4.50. The van der Waals surface area contributed by atoms with E-state index in [0.717, 1.165) is 13.2 Å². The maximum Gasteiger partial charge on any atom is 0.0679 e. The molecule has 104 valence electrons. The van der Waals surface area contributed by atoms with Crippen LogP contribution in [0, 0.1) is 0 Å². The van der Waals surface area contributed by atoms with Gasteiger partial charge in [0.15, 0.2) is 0 Å². The molecule has 0 unspecified atom stereocenters. The Morgan fingerprint density at radius 3 is 1.72 bits per heavy atom. The molecule has 0 atom stereocenters. The molecule has 18 heavy (non-hydrogen) atoms. The summed E-state index contributed by atoms with van der Waals surface area (Å²) in [4.78, 5) is 0. The average Bonchev–Trinajstić information content (AvgIpc) is 2.41. The summed E-state index contributed by atoms with van der Waals surface area (Å²) in [6, 6.07) is 0. The van der Waals surface area contributed by atoms with Gasteiger partial charge in [-0.05, 0) is 50.5 Å². The monoisotopic (exact) mass is 250 g/mol. The molecule has 1 aliphatic carbocycles. The Balaban J connectivity index is 1.85. The van der Waals surface area contributed by atoms with Crippen LogP contribution < -0.4 is 0 Å². The van der Waals surface area contributed by atoms with E-state index in [0.29, 0.717) is 0 Å². The van der Waals surface area contributed by atoms with Crippen LogP contribution in [0.4, 0.5) is 0 Å². The summed E-state index contributed by atoms with van der Waals surface area (Å²) >= 11 is 0. The number of ether oxygens (including phenoxy) is 1. The van der Waals surface area contributed by atoms with Gasteiger partial charge in [0.2, 0.25) is 0 Å². The molecule has 0 bridgehead atoms. The van der Waals surface area contributed by atoms with Crippen molar-refractivity contribution in [3.63, 3.8) is 0 Å². The molecule has 1 nitrogen and oxygen atoms in total. The van der Waals surface area contributed by atoms with Gasteiger partial charge in [-0.2, -0.15) is 0 Å². The van der Waals surface area contributed by atoms with Crippen LogP contribution in [0.25, 0.3) is 0 Å². The van der Waals surface area contributed by atoms with Gasteiger partial charge in [-0.25, -0.2) is 0 Å². The van der Waals surface area contributed by atoms with Crippen molar-refractivity contribution in [3.05, 3.63) is 11.1 Å². The van der Waals surface area contributed by atoms with E-state index < -0.39 is 0 Å². The molecule has 0 aromatic carbocycles. The third-order valence-electron chi connectivity index (χ3n) is 4.50. The minimum atomic E-state index is 0.940. The number of allylic oxidation sites excluding steroid dienone is 1. The van der Waals surface area contributed by atoms with Gasteiger partial charge in [0, 0.05) is 6.61 Å². The second kappa shape index (κ2) is 8.74. The Labute approximate surface area is 113 Å². The van der Waals surface area contributed by atoms with Crippen molar-refractivity contribution >= 4 is 0 Å². The van der Waals surface area contributed by atoms with Crippen LogP contribution in [0.15, 0.2) is 11.1 Å². The molecular formula is C17H30O. The zero-order valence-corrected chi connectivity index (χ0v) is 12.0. The van der Waals surface area contributed by atoms with Crippen LogP contribution >= 0.6 is 0 Å². The topological polar surface area (TPSA) is 9.23 Å². The third kappa shape index (κ3) is 5.14. The number of hydrogen-bond donors (Lipinski definition) is 0. The van der Waals surface area contributed by atoms with E-state index in [1.807, 2.05) is 0 Å². The molecule has 1 aliphatic heterocycles. The maximum absolute atomic E-state index is 5.89. The van der Waals surface area contributed by atoms with E-state index in [1.54, 1.807) is 11.1 Å². The molecule has 0 aromatic heterocycles. The van der Waals surface area contributed by atoms with E-state index in [2.05, 4.69) is 0 Å². The van der Waals surface area contributed by atoms with Gasteiger partial charge in [-0.15, -0.1) is 0 Å². The van der Waals surface area contributed by atoms with E-state index in [1.165, 1.54) is 83.5 Å². The van der Waals surface area contributed by atoms with Crippen LogP contribution in [0.2, 0.25) is 0 Å². The Kier molecular flexibility index (Phi) is 6.86. The van der Waals surface area contributed by atoms with Crippen molar-refractivity contribution in [3.8, 4) is 0 Å². The Hall–Kier alpha value is -0.300. The van der Waals surface area contributed by atoms with Gasteiger partial charge in [-0.1, -0.05) is 44.1 Å². The van der Waals surface area contributed by atoms with Crippen LogP contribution in [-0.2, 0) is 4.74 Å². The summed E-state index contributed by atoms with van der Waals surface area (Å²) in [5, 5.41) is 0. The fourth-order valence-corrected chi connectivity index (χ4v) is 3.30. The fourth-order valence-electron chi connectivity index (χ4n) is 3.30. The lowest BCUT2D eigenvalue weighted by Gasteiger charge is -2.21. The van der Waals surface area contributed by atoms with Crippen LogP contribution in [0.3, 0.4) is 0 Å². The van der Waals surface area contributed by atoms with E-state index in [9.17, 15) is 0 Å². The summed E-state index contributed by atoms with van der Waals surface area (Å²) in [7, 11) is 0. The molecular weight excluding hydrogens is 220 g/mol. The zero-order chi connectivity index (χ0) is 12.5. The second-order valence-corrected chi connectivity index (χ2v) is 6.05. The smallest absolute Gasteiger partial charge is 0.0679 e. The van der Waals surface area contributed by atoms with E-state index in [4.69, 9.17) is 4.74 Å². The normalized spacial score (nSPS) is 25.3. The van der Waals surface area contributed by atoms with Gasteiger partial charge in [0.05, 0.1) is 6.61 Å². The number of rotatable bonds is 0. The predicted octanol–water partition coefficient (Wildman–Crippen LogP) is 5.40. The van der Waals surface area contributed by atoms with Crippen molar-refractivity contribution in [2.75, 3.05) is 13.2 Å². The summed E-state index contributed by atoms with van der Waals surface area (Å²) in [6.07, 6.45) is 18.1. The van der Waals surface area contributed by atoms with Crippen LogP contribution in [0.1, 0.15) is 83.5 Å². The summed E-state index contributed by atoms with van der Waals surface area (Å²) in [5.74, 6) is 0.